The van der Waals surface area contributed by atoms with Crippen LogP contribution in [0.1, 0.15) is 11.5 Å². The lowest BCUT2D eigenvalue weighted by Gasteiger charge is -2.23. The average Bonchev–Trinajstić information content (AvgIpc) is 2.91. The molecule has 3 heterocycles. The van der Waals surface area contributed by atoms with Crippen molar-refractivity contribution in [2.45, 2.75) is 6.54 Å². The molecule has 0 saturated heterocycles. The van der Waals surface area contributed by atoms with Crippen LogP contribution in [0.3, 0.4) is 0 Å². The molecule has 1 aliphatic heterocycles. The summed E-state index contributed by atoms with van der Waals surface area (Å²) in [6.45, 7) is 2.92. The minimum Gasteiger partial charge on any atom is -0.383 e. The molecule has 0 bridgehead atoms. The fourth-order valence-corrected chi connectivity index (χ4v) is 4.08. The Morgan fingerprint density at radius 3 is 2.68 bits per heavy atom. The van der Waals surface area contributed by atoms with E-state index in [9.17, 15) is 0 Å². The highest BCUT2D eigenvalue weighted by Crippen LogP contribution is 2.33. The highest BCUT2D eigenvalue weighted by molar-refractivity contribution is 6.02. The average molecular weight is 450 g/mol. The molecule has 0 fully saturated rings. The number of nitrogens with zero attached hydrogens (tertiary/aromatic N) is 4. The van der Waals surface area contributed by atoms with Crippen LogP contribution < -0.4 is 5.32 Å². The first kappa shape index (κ1) is 21.8. The van der Waals surface area contributed by atoms with Gasteiger partial charge in [-0.3, -0.25) is 4.98 Å². The van der Waals surface area contributed by atoms with Gasteiger partial charge in [0.1, 0.15) is 5.82 Å². The predicted molar refractivity (Wildman–Crippen MR) is 137 cm³/mol. The molecule has 6 heteroatoms. The summed E-state index contributed by atoms with van der Waals surface area (Å²) < 4.78 is 5.25. The van der Waals surface area contributed by atoms with Crippen molar-refractivity contribution in [3.63, 3.8) is 0 Å². The molecular weight excluding hydrogens is 422 g/mol. The summed E-state index contributed by atoms with van der Waals surface area (Å²) >= 11 is 0. The van der Waals surface area contributed by atoms with E-state index in [2.05, 4.69) is 76.0 Å². The number of anilines is 1. The molecule has 0 unspecified atom stereocenters. The Morgan fingerprint density at radius 2 is 1.85 bits per heavy atom. The van der Waals surface area contributed by atoms with E-state index in [-0.39, 0.29) is 0 Å². The number of hydrogen-bond acceptors (Lipinski definition) is 6. The van der Waals surface area contributed by atoms with Crippen molar-refractivity contribution >= 4 is 22.3 Å². The number of nitrogens with one attached hydrogen (secondary N) is 1. The van der Waals surface area contributed by atoms with Crippen molar-refractivity contribution in [2.24, 2.45) is 0 Å². The van der Waals surface area contributed by atoms with Gasteiger partial charge in [-0.25, -0.2) is 9.97 Å². The number of rotatable bonds is 8. The number of benzene rings is 2. The third-order valence-electron chi connectivity index (χ3n) is 5.77. The second kappa shape index (κ2) is 10.3. The third kappa shape index (κ3) is 4.82. The van der Waals surface area contributed by atoms with Crippen molar-refractivity contribution in [3.05, 3.63) is 103 Å². The number of hydrogen-bond donors (Lipinski definition) is 1. The number of methoxy groups -OCH3 is 1. The Bertz CT molecular complexity index is 1320. The molecule has 1 aliphatic rings. The zero-order chi connectivity index (χ0) is 23.2. The van der Waals surface area contributed by atoms with Crippen LogP contribution in [0.15, 0.2) is 91.3 Å². The van der Waals surface area contributed by atoms with Gasteiger partial charge in [0.25, 0.3) is 0 Å². The molecule has 6 nitrogen and oxygen atoms in total. The first-order valence-corrected chi connectivity index (χ1v) is 11.4. The van der Waals surface area contributed by atoms with E-state index < -0.39 is 0 Å². The van der Waals surface area contributed by atoms with Gasteiger partial charge in [-0.15, -0.1) is 0 Å². The maximum absolute atomic E-state index is 5.25. The fraction of sp³-hybridized carbons (Fsp3) is 0.179. The fourth-order valence-electron chi connectivity index (χ4n) is 4.08. The SMILES string of the molecule is COCCN1C=C(c2nc(NCc3ccccn3)c3c(-c4ccccc4)cccc3n2)C=CC1. The van der Waals surface area contributed by atoms with Crippen molar-refractivity contribution in [1.82, 2.24) is 19.9 Å². The summed E-state index contributed by atoms with van der Waals surface area (Å²) in [5.74, 6) is 1.49. The Hall–Kier alpha value is -4.03. The van der Waals surface area contributed by atoms with Crippen LogP contribution in [0.4, 0.5) is 5.82 Å². The molecule has 1 N–H and O–H groups in total. The molecule has 0 radical (unpaired) electrons. The second-order valence-electron chi connectivity index (χ2n) is 8.11. The first-order valence-electron chi connectivity index (χ1n) is 11.4. The Kier molecular flexibility index (Phi) is 6.59. The Labute approximate surface area is 199 Å². The number of aromatic nitrogens is 3. The van der Waals surface area contributed by atoms with E-state index in [0.29, 0.717) is 19.0 Å². The minimum atomic E-state index is 0.574. The van der Waals surface area contributed by atoms with Gasteiger partial charge in [-0.05, 0) is 29.3 Å². The van der Waals surface area contributed by atoms with Crippen LogP contribution in [-0.2, 0) is 11.3 Å². The lowest BCUT2D eigenvalue weighted by Crippen LogP contribution is -2.24. The summed E-state index contributed by atoms with van der Waals surface area (Å²) in [6, 6.07) is 22.5. The normalized spacial score (nSPS) is 13.2. The van der Waals surface area contributed by atoms with E-state index >= 15 is 0 Å². The topological polar surface area (TPSA) is 63.2 Å². The zero-order valence-electron chi connectivity index (χ0n) is 19.2. The van der Waals surface area contributed by atoms with Crippen LogP contribution >= 0.6 is 0 Å². The molecule has 5 rings (SSSR count). The summed E-state index contributed by atoms with van der Waals surface area (Å²) in [6.07, 6.45) is 8.15. The highest BCUT2D eigenvalue weighted by atomic mass is 16.5. The van der Waals surface area contributed by atoms with E-state index in [1.165, 1.54) is 0 Å². The molecule has 0 aliphatic carbocycles. The monoisotopic (exact) mass is 449 g/mol. The van der Waals surface area contributed by atoms with E-state index in [0.717, 1.165) is 52.2 Å². The smallest absolute Gasteiger partial charge is 0.163 e. The zero-order valence-corrected chi connectivity index (χ0v) is 19.2. The number of fused-ring (bicyclic) bond motifs is 1. The van der Waals surface area contributed by atoms with Gasteiger partial charge in [-0.1, -0.05) is 60.7 Å². The third-order valence-corrected chi connectivity index (χ3v) is 5.77. The van der Waals surface area contributed by atoms with Gasteiger partial charge in [0.05, 0.1) is 29.7 Å². The quantitative estimate of drug-likeness (QED) is 0.401. The van der Waals surface area contributed by atoms with Gasteiger partial charge >= 0.3 is 0 Å². The minimum absolute atomic E-state index is 0.574. The summed E-state index contributed by atoms with van der Waals surface area (Å²) in [4.78, 5) is 16.7. The molecule has 2 aromatic heterocycles. The highest BCUT2D eigenvalue weighted by Gasteiger charge is 2.16. The standard InChI is InChI=1S/C28H27N5O/c1-34-18-17-33-16-8-11-22(20-33)27-31-25-14-7-13-24(21-9-3-2-4-10-21)26(25)28(32-27)30-19-23-12-5-6-15-29-23/h2-15,20H,16-19H2,1H3,(H,30,31,32). The Balaban J connectivity index is 1.60. The molecular formula is C28H27N5O. The summed E-state index contributed by atoms with van der Waals surface area (Å²) in [7, 11) is 1.72. The predicted octanol–water partition coefficient (Wildman–Crippen LogP) is 5.16. The van der Waals surface area contributed by atoms with Crippen molar-refractivity contribution < 1.29 is 4.74 Å². The maximum atomic E-state index is 5.25. The van der Waals surface area contributed by atoms with Crippen LogP contribution in [-0.4, -0.2) is 46.7 Å². The van der Waals surface area contributed by atoms with Crippen LogP contribution in [0, 0.1) is 0 Å². The van der Waals surface area contributed by atoms with Gasteiger partial charge in [0.2, 0.25) is 0 Å². The molecule has 0 spiro atoms. The van der Waals surface area contributed by atoms with Crippen molar-refractivity contribution in [2.75, 3.05) is 32.1 Å². The maximum Gasteiger partial charge on any atom is 0.163 e. The number of ether oxygens (including phenoxy) is 1. The molecule has 4 aromatic rings. The van der Waals surface area contributed by atoms with Crippen LogP contribution in [0.25, 0.3) is 27.6 Å². The van der Waals surface area contributed by atoms with E-state index in [1.807, 2.05) is 30.5 Å². The number of allylic oxidation sites excluding steroid dienone is 2. The van der Waals surface area contributed by atoms with E-state index in [1.54, 1.807) is 7.11 Å². The van der Waals surface area contributed by atoms with Gasteiger partial charge in [0, 0.05) is 38.2 Å². The van der Waals surface area contributed by atoms with Gasteiger partial charge in [-0.2, -0.15) is 0 Å². The lowest BCUT2D eigenvalue weighted by atomic mass is 10.0. The largest absolute Gasteiger partial charge is 0.383 e. The van der Waals surface area contributed by atoms with Gasteiger partial charge in [0.15, 0.2) is 5.82 Å². The number of pyridine rings is 1. The Morgan fingerprint density at radius 1 is 0.971 bits per heavy atom. The molecule has 0 amide bonds. The van der Waals surface area contributed by atoms with Crippen molar-refractivity contribution in [1.29, 1.82) is 0 Å². The molecule has 0 saturated carbocycles. The lowest BCUT2D eigenvalue weighted by molar-refractivity contribution is 0.173. The second-order valence-corrected chi connectivity index (χ2v) is 8.11. The molecule has 2 aromatic carbocycles. The summed E-state index contributed by atoms with van der Waals surface area (Å²) in [5.41, 5.74) is 5.07. The van der Waals surface area contributed by atoms with E-state index in [4.69, 9.17) is 14.7 Å². The first-order chi connectivity index (χ1) is 16.8. The molecule has 34 heavy (non-hydrogen) atoms. The molecule has 170 valence electrons. The van der Waals surface area contributed by atoms with Gasteiger partial charge < -0.3 is 15.0 Å². The molecule has 0 atom stereocenters. The van der Waals surface area contributed by atoms with Crippen molar-refractivity contribution in [3.8, 4) is 11.1 Å². The summed E-state index contributed by atoms with van der Waals surface area (Å²) in [5, 5.41) is 4.55. The van der Waals surface area contributed by atoms with Crippen LogP contribution in [0.2, 0.25) is 0 Å². The van der Waals surface area contributed by atoms with Crippen LogP contribution in [0.5, 0.6) is 0 Å².